The van der Waals surface area contributed by atoms with Crippen molar-refractivity contribution in [2.45, 2.75) is 103 Å². The van der Waals surface area contributed by atoms with Crippen molar-refractivity contribution in [3.05, 3.63) is 70.8 Å². The van der Waals surface area contributed by atoms with Crippen LogP contribution in [0, 0.1) is 0 Å². The van der Waals surface area contributed by atoms with Crippen LogP contribution in [-0.2, 0) is 25.3 Å². The molecule has 6 heteroatoms. The number of hydroxylamine groups is 1. The van der Waals surface area contributed by atoms with Crippen molar-refractivity contribution in [3.8, 4) is 0 Å². The Labute approximate surface area is 228 Å². The molecule has 1 amide bonds. The number of hydrogen-bond acceptors (Lipinski definition) is 5. The Morgan fingerprint density at radius 2 is 1.45 bits per heavy atom. The van der Waals surface area contributed by atoms with Crippen molar-refractivity contribution in [2.75, 3.05) is 6.61 Å². The maximum absolute atomic E-state index is 13.2. The predicted octanol–water partition coefficient (Wildman–Crippen LogP) is 7.40. The summed E-state index contributed by atoms with van der Waals surface area (Å²) < 4.78 is 0. The van der Waals surface area contributed by atoms with Crippen molar-refractivity contribution < 1.29 is 19.3 Å². The largest absolute Gasteiger partial charge is 0.395 e. The average molecular weight is 521 g/mol. The fourth-order valence-electron chi connectivity index (χ4n) is 4.97. The minimum Gasteiger partial charge on any atom is -0.395 e. The average Bonchev–Trinajstić information content (AvgIpc) is 2.91. The Kier molecular flexibility index (Phi) is 10.5. The summed E-state index contributed by atoms with van der Waals surface area (Å²) in [5, 5.41) is 4.24. The van der Waals surface area contributed by atoms with E-state index in [0.29, 0.717) is 17.7 Å². The Morgan fingerprint density at radius 1 is 0.816 bits per heavy atom. The molecule has 6 nitrogen and oxygen atoms in total. The summed E-state index contributed by atoms with van der Waals surface area (Å²) in [5.74, 6) is -1.27. The molecule has 1 aliphatic carbocycles. The lowest BCUT2D eigenvalue weighted by atomic mass is 9.63. The zero-order valence-electron chi connectivity index (χ0n) is 23.8. The van der Waals surface area contributed by atoms with Crippen LogP contribution >= 0.6 is 0 Å². The SMILES string of the molecule is CCCCCCCCCON=C(C(=O)NOC(=O)c1ccccc1)c1ccc2c(c1)C(C)(C)CCC2(C)C. The molecular weight excluding hydrogens is 476 g/mol. The molecule has 0 aliphatic heterocycles. The van der Waals surface area contributed by atoms with E-state index in [9.17, 15) is 9.59 Å². The van der Waals surface area contributed by atoms with Gasteiger partial charge in [0.25, 0.3) is 0 Å². The second kappa shape index (κ2) is 13.6. The Balaban J connectivity index is 1.75. The van der Waals surface area contributed by atoms with E-state index in [1.165, 1.54) is 43.2 Å². The number of unbranched alkanes of at least 4 members (excludes halogenated alkanes) is 6. The van der Waals surface area contributed by atoms with Crippen molar-refractivity contribution in [3.63, 3.8) is 0 Å². The fourth-order valence-corrected chi connectivity index (χ4v) is 4.97. The molecule has 0 bridgehead atoms. The van der Waals surface area contributed by atoms with Gasteiger partial charge < -0.3 is 9.68 Å². The number of oxime groups is 1. The molecule has 0 radical (unpaired) electrons. The second-order valence-corrected chi connectivity index (χ2v) is 11.6. The van der Waals surface area contributed by atoms with Gasteiger partial charge in [-0.3, -0.25) is 4.79 Å². The number of nitrogens with one attached hydrogen (secondary N) is 1. The van der Waals surface area contributed by atoms with Gasteiger partial charge in [0.05, 0.1) is 5.56 Å². The molecule has 0 saturated heterocycles. The molecule has 0 fully saturated rings. The molecule has 0 unspecified atom stereocenters. The van der Waals surface area contributed by atoms with E-state index in [-0.39, 0.29) is 16.5 Å². The van der Waals surface area contributed by atoms with Crippen molar-refractivity contribution in [1.29, 1.82) is 0 Å². The Bertz CT molecular complexity index is 1110. The molecule has 2 aromatic rings. The molecule has 3 rings (SSSR count). The quantitative estimate of drug-likeness (QED) is 0.180. The van der Waals surface area contributed by atoms with E-state index in [1.54, 1.807) is 24.3 Å². The van der Waals surface area contributed by atoms with E-state index in [2.05, 4.69) is 51.3 Å². The van der Waals surface area contributed by atoms with Crippen molar-refractivity contribution in [2.24, 2.45) is 5.16 Å². The van der Waals surface area contributed by atoms with Crippen LogP contribution in [0.1, 0.15) is 119 Å². The first-order valence-electron chi connectivity index (χ1n) is 14.1. The smallest absolute Gasteiger partial charge is 0.362 e. The monoisotopic (exact) mass is 520 g/mol. The molecule has 1 N–H and O–H groups in total. The lowest BCUT2D eigenvalue weighted by Crippen LogP contribution is -2.36. The number of carbonyl (C=O) groups is 2. The Morgan fingerprint density at radius 3 is 2.13 bits per heavy atom. The number of benzene rings is 2. The first-order valence-corrected chi connectivity index (χ1v) is 14.1. The first kappa shape index (κ1) is 29.4. The molecule has 2 aromatic carbocycles. The number of nitrogens with zero attached hydrogens (tertiary/aromatic N) is 1. The van der Waals surface area contributed by atoms with E-state index in [1.807, 2.05) is 18.2 Å². The third-order valence-electron chi connectivity index (χ3n) is 7.58. The van der Waals surface area contributed by atoms with Gasteiger partial charge in [0, 0.05) is 5.56 Å². The highest BCUT2D eigenvalue weighted by atomic mass is 16.7. The van der Waals surface area contributed by atoms with E-state index in [4.69, 9.17) is 9.68 Å². The first-order chi connectivity index (χ1) is 18.2. The van der Waals surface area contributed by atoms with Crippen LogP contribution in [0.2, 0.25) is 0 Å². The van der Waals surface area contributed by atoms with Gasteiger partial charge in [0.2, 0.25) is 0 Å². The lowest BCUT2D eigenvalue weighted by Gasteiger charge is -2.42. The van der Waals surface area contributed by atoms with Gasteiger partial charge in [-0.15, -0.1) is 0 Å². The van der Waals surface area contributed by atoms with Crippen LogP contribution in [0.3, 0.4) is 0 Å². The summed E-state index contributed by atoms with van der Waals surface area (Å²) in [4.78, 5) is 36.3. The molecule has 0 saturated carbocycles. The normalized spacial score (nSPS) is 15.9. The molecule has 0 spiro atoms. The topological polar surface area (TPSA) is 77.0 Å². The molecule has 0 aromatic heterocycles. The van der Waals surface area contributed by atoms with E-state index >= 15 is 0 Å². The van der Waals surface area contributed by atoms with Crippen LogP contribution in [-0.4, -0.2) is 24.2 Å². The summed E-state index contributed by atoms with van der Waals surface area (Å²) >= 11 is 0. The van der Waals surface area contributed by atoms with Gasteiger partial charge in [-0.2, -0.15) is 5.48 Å². The Hall–Kier alpha value is -3.15. The van der Waals surface area contributed by atoms with Gasteiger partial charge >= 0.3 is 11.9 Å². The molecule has 206 valence electrons. The summed E-state index contributed by atoms with van der Waals surface area (Å²) in [6.07, 6.45) is 10.3. The number of carbonyl (C=O) groups excluding carboxylic acids is 2. The van der Waals surface area contributed by atoms with Crippen molar-refractivity contribution in [1.82, 2.24) is 5.48 Å². The zero-order chi connectivity index (χ0) is 27.6. The molecule has 0 heterocycles. The minimum atomic E-state index is -0.643. The standard InChI is InChI=1S/C32H44N2O4/c1-6-7-8-9-10-11-15-22-37-33-28(29(35)34-38-30(36)24-16-13-12-14-17-24)25-18-19-26-27(23-25)32(4,5)21-20-31(26,2)3/h12-14,16-19,23H,6-11,15,20-22H2,1-5H3,(H,34,35). The highest BCUT2D eigenvalue weighted by Gasteiger charge is 2.37. The summed E-state index contributed by atoms with van der Waals surface area (Å²) in [5.41, 5.74) is 5.89. The van der Waals surface area contributed by atoms with Crippen LogP contribution in [0.5, 0.6) is 0 Å². The number of amides is 1. The highest BCUT2D eigenvalue weighted by Crippen LogP contribution is 2.45. The fraction of sp³-hybridized carbons (Fsp3) is 0.531. The predicted molar refractivity (Wildman–Crippen MR) is 152 cm³/mol. The number of fused-ring (bicyclic) bond motifs is 1. The van der Waals surface area contributed by atoms with E-state index in [0.717, 1.165) is 25.7 Å². The lowest BCUT2D eigenvalue weighted by molar-refractivity contribution is -0.123. The summed E-state index contributed by atoms with van der Waals surface area (Å²) in [7, 11) is 0. The molecule has 0 atom stereocenters. The van der Waals surface area contributed by atoms with Crippen LogP contribution in [0.4, 0.5) is 0 Å². The molecule has 38 heavy (non-hydrogen) atoms. The molecular formula is C32H44N2O4. The highest BCUT2D eigenvalue weighted by molar-refractivity contribution is 6.45. The second-order valence-electron chi connectivity index (χ2n) is 11.6. The van der Waals surface area contributed by atoms with Gasteiger partial charge in [0.15, 0.2) is 5.71 Å². The number of rotatable bonds is 12. The molecule has 1 aliphatic rings. The maximum atomic E-state index is 13.2. The van der Waals surface area contributed by atoms with Crippen LogP contribution in [0.25, 0.3) is 0 Å². The number of hydrogen-bond donors (Lipinski definition) is 1. The minimum absolute atomic E-state index is 0.0269. The third-order valence-corrected chi connectivity index (χ3v) is 7.58. The van der Waals surface area contributed by atoms with E-state index < -0.39 is 11.9 Å². The third kappa shape index (κ3) is 7.92. The zero-order valence-corrected chi connectivity index (χ0v) is 23.8. The van der Waals surface area contributed by atoms with Crippen molar-refractivity contribution >= 4 is 17.6 Å². The van der Waals surface area contributed by atoms with Gasteiger partial charge in [-0.05, 0) is 65.8 Å². The van der Waals surface area contributed by atoms with Gasteiger partial charge in [-0.25, -0.2) is 4.79 Å². The summed E-state index contributed by atoms with van der Waals surface area (Å²) in [6, 6.07) is 14.6. The maximum Gasteiger partial charge on any atom is 0.362 e. The summed E-state index contributed by atoms with van der Waals surface area (Å²) in [6.45, 7) is 11.6. The van der Waals surface area contributed by atoms with Gasteiger partial charge in [-0.1, -0.05) is 102 Å². The van der Waals surface area contributed by atoms with Crippen LogP contribution in [0.15, 0.2) is 53.7 Å². The van der Waals surface area contributed by atoms with Crippen LogP contribution < -0.4 is 5.48 Å². The van der Waals surface area contributed by atoms with Gasteiger partial charge in [0.1, 0.15) is 6.61 Å².